The van der Waals surface area contributed by atoms with Crippen molar-refractivity contribution in [3.63, 3.8) is 0 Å². The van der Waals surface area contributed by atoms with Crippen LogP contribution >= 0.6 is 0 Å². The number of aromatic hydroxyl groups is 1. The monoisotopic (exact) mass is 237 g/mol. The first-order chi connectivity index (χ1) is 8.13. The van der Waals surface area contributed by atoms with Crippen molar-refractivity contribution in [2.75, 3.05) is 18.1 Å². The van der Waals surface area contributed by atoms with E-state index >= 15 is 0 Å². The average molecular weight is 237 g/mol. The van der Waals surface area contributed by atoms with Gasteiger partial charge in [-0.1, -0.05) is 0 Å². The van der Waals surface area contributed by atoms with Gasteiger partial charge in [0, 0.05) is 19.2 Å². The summed E-state index contributed by atoms with van der Waals surface area (Å²) in [7, 11) is 0. The second-order valence-electron chi connectivity index (χ2n) is 3.98. The molecule has 0 radical (unpaired) electrons. The van der Waals surface area contributed by atoms with Crippen molar-refractivity contribution < 1.29 is 19.7 Å². The number of hydrogen-bond donors (Lipinski definition) is 2. The standard InChI is InChI=1S/C12H15NO4/c1-8-12(16)13(5-2-6-14)10-7-9(15)3-4-11(10)17-8/h3-4,7-8,14-15H,2,5-6H2,1H3. The maximum absolute atomic E-state index is 11.9. The van der Waals surface area contributed by atoms with E-state index < -0.39 is 6.10 Å². The predicted molar refractivity (Wildman–Crippen MR) is 62.3 cm³/mol. The van der Waals surface area contributed by atoms with Crippen LogP contribution in [0.25, 0.3) is 0 Å². The Kier molecular flexibility index (Phi) is 3.19. The molecule has 1 aromatic rings. The van der Waals surface area contributed by atoms with Crippen LogP contribution in [-0.2, 0) is 4.79 Å². The largest absolute Gasteiger partial charge is 0.508 e. The summed E-state index contributed by atoms with van der Waals surface area (Å²) in [5, 5.41) is 18.3. The van der Waals surface area contributed by atoms with Gasteiger partial charge in [-0.2, -0.15) is 0 Å². The number of amides is 1. The number of aliphatic hydroxyl groups excluding tert-OH is 1. The molecule has 1 aromatic carbocycles. The van der Waals surface area contributed by atoms with Gasteiger partial charge in [-0.25, -0.2) is 0 Å². The number of aliphatic hydroxyl groups is 1. The molecule has 5 heteroatoms. The minimum Gasteiger partial charge on any atom is -0.508 e. The lowest BCUT2D eigenvalue weighted by Crippen LogP contribution is -2.45. The zero-order chi connectivity index (χ0) is 12.4. The zero-order valence-electron chi connectivity index (χ0n) is 9.59. The van der Waals surface area contributed by atoms with Gasteiger partial charge in [0.05, 0.1) is 5.69 Å². The summed E-state index contributed by atoms with van der Waals surface area (Å²) < 4.78 is 5.44. The van der Waals surface area contributed by atoms with E-state index in [9.17, 15) is 9.90 Å². The van der Waals surface area contributed by atoms with Gasteiger partial charge >= 0.3 is 0 Å². The highest BCUT2D eigenvalue weighted by molar-refractivity contribution is 6.00. The Bertz CT molecular complexity index is 433. The zero-order valence-corrected chi connectivity index (χ0v) is 9.59. The molecule has 0 bridgehead atoms. The Morgan fingerprint density at radius 1 is 1.47 bits per heavy atom. The number of carbonyl (C=O) groups excluding carboxylic acids is 1. The van der Waals surface area contributed by atoms with Crippen molar-refractivity contribution in [1.82, 2.24) is 0 Å². The summed E-state index contributed by atoms with van der Waals surface area (Å²) >= 11 is 0. The second-order valence-corrected chi connectivity index (χ2v) is 3.98. The van der Waals surface area contributed by atoms with Crippen molar-refractivity contribution in [3.05, 3.63) is 18.2 Å². The molecule has 1 heterocycles. The first-order valence-corrected chi connectivity index (χ1v) is 5.55. The first kappa shape index (κ1) is 11.7. The molecule has 0 saturated carbocycles. The summed E-state index contributed by atoms with van der Waals surface area (Å²) in [6, 6.07) is 4.65. The highest BCUT2D eigenvalue weighted by Crippen LogP contribution is 2.36. The number of fused-ring (bicyclic) bond motifs is 1. The van der Waals surface area contributed by atoms with Gasteiger partial charge in [0.25, 0.3) is 5.91 Å². The van der Waals surface area contributed by atoms with Crippen LogP contribution in [0.1, 0.15) is 13.3 Å². The van der Waals surface area contributed by atoms with Gasteiger partial charge in [-0.15, -0.1) is 0 Å². The van der Waals surface area contributed by atoms with E-state index in [-0.39, 0.29) is 18.3 Å². The van der Waals surface area contributed by atoms with Crippen LogP contribution in [0.5, 0.6) is 11.5 Å². The van der Waals surface area contributed by atoms with Gasteiger partial charge in [0.1, 0.15) is 11.5 Å². The predicted octanol–water partition coefficient (Wildman–Crippen LogP) is 0.888. The van der Waals surface area contributed by atoms with Crippen LogP contribution in [0, 0.1) is 0 Å². The van der Waals surface area contributed by atoms with E-state index in [0.717, 1.165) is 0 Å². The van der Waals surface area contributed by atoms with E-state index in [0.29, 0.717) is 24.4 Å². The first-order valence-electron chi connectivity index (χ1n) is 5.55. The molecule has 0 spiro atoms. The highest BCUT2D eigenvalue weighted by Gasteiger charge is 2.31. The topological polar surface area (TPSA) is 70.0 Å². The average Bonchev–Trinajstić information content (AvgIpc) is 2.31. The molecule has 1 unspecified atom stereocenters. The maximum atomic E-state index is 11.9. The van der Waals surface area contributed by atoms with E-state index in [4.69, 9.17) is 9.84 Å². The van der Waals surface area contributed by atoms with Crippen LogP contribution in [-0.4, -0.2) is 35.4 Å². The lowest BCUT2D eigenvalue weighted by molar-refractivity contribution is -0.125. The summed E-state index contributed by atoms with van der Waals surface area (Å²) in [5.74, 6) is 0.507. The number of anilines is 1. The van der Waals surface area contributed by atoms with Crippen molar-refractivity contribution in [2.45, 2.75) is 19.4 Å². The number of ether oxygens (including phenoxy) is 1. The van der Waals surface area contributed by atoms with Crippen molar-refractivity contribution in [2.24, 2.45) is 0 Å². The molecular weight excluding hydrogens is 222 g/mol. The summed E-state index contributed by atoms with van der Waals surface area (Å²) in [6.07, 6.45) is -0.0427. The Morgan fingerprint density at radius 2 is 2.24 bits per heavy atom. The lowest BCUT2D eigenvalue weighted by Gasteiger charge is -2.32. The molecular formula is C12H15NO4. The second kappa shape index (κ2) is 4.63. The minimum atomic E-state index is -0.536. The smallest absolute Gasteiger partial charge is 0.267 e. The van der Waals surface area contributed by atoms with E-state index in [1.165, 1.54) is 12.1 Å². The van der Waals surface area contributed by atoms with Gasteiger partial charge in [-0.3, -0.25) is 4.79 Å². The van der Waals surface area contributed by atoms with Gasteiger partial charge in [0.15, 0.2) is 6.10 Å². The van der Waals surface area contributed by atoms with Crippen molar-refractivity contribution in [1.29, 1.82) is 0 Å². The number of hydrogen-bond acceptors (Lipinski definition) is 4. The number of phenols is 1. The van der Waals surface area contributed by atoms with Gasteiger partial charge < -0.3 is 19.8 Å². The molecule has 0 aliphatic carbocycles. The van der Waals surface area contributed by atoms with Crippen LogP contribution in [0.15, 0.2) is 18.2 Å². The molecule has 0 aromatic heterocycles. The molecule has 1 atom stereocenters. The Hall–Kier alpha value is -1.75. The van der Waals surface area contributed by atoms with Crippen LogP contribution in [0.3, 0.4) is 0 Å². The summed E-state index contributed by atoms with van der Waals surface area (Å²) in [4.78, 5) is 13.5. The number of carbonyl (C=O) groups is 1. The van der Waals surface area contributed by atoms with E-state index in [1.54, 1.807) is 17.9 Å². The number of benzene rings is 1. The number of phenolic OH excluding ortho intramolecular Hbond substituents is 1. The Balaban J connectivity index is 2.36. The van der Waals surface area contributed by atoms with E-state index in [1.807, 2.05) is 0 Å². The summed E-state index contributed by atoms with van der Waals surface area (Å²) in [5.41, 5.74) is 0.557. The van der Waals surface area contributed by atoms with E-state index in [2.05, 4.69) is 0 Å². The Morgan fingerprint density at radius 3 is 2.94 bits per heavy atom. The molecule has 1 aliphatic heterocycles. The highest BCUT2D eigenvalue weighted by atomic mass is 16.5. The molecule has 2 rings (SSSR count). The van der Waals surface area contributed by atoms with Gasteiger partial charge in [0.2, 0.25) is 0 Å². The van der Waals surface area contributed by atoms with Gasteiger partial charge in [-0.05, 0) is 25.5 Å². The Labute approximate surface area is 99.2 Å². The third kappa shape index (κ3) is 2.19. The number of nitrogens with zero attached hydrogens (tertiary/aromatic N) is 1. The minimum absolute atomic E-state index is 0.0210. The number of rotatable bonds is 3. The molecule has 0 fully saturated rings. The molecule has 1 amide bonds. The molecule has 1 aliphatic rings. The maximum Gasteiger partial charge on any atom is 0.267 e. The molecule has 17 heavy (non-hydrogen) atoms. The lowest BCUT2D eigenvalue weighted by atomic mass is 10.1. The molecule has 92 valence electrons. The third-order valence-electron chi connectivity index (χ3n) is 2.69. The molecule has 5 nitrogen and oxygen atoms in total. The van der Waals surface area contributed by atoms with Crippen molar-refractivity contribution >= 4 is 11.6 Å². The molecule has 2 N–H and O–H groups in total. The fourth-order valence-corrected chi connectivity index (χ4v) is 1.85. The quantitative estimate of drug-likeness (QED) is 0.819. The third-order valence-corrected chi connectivity index (χ3v) is 2.69. The van der Waals surface area contributed by atoms with Crippen molar-refractivity contribution in [3.8, 4) is 11.5 Å². The fraction of sp³-hybridized carbons (Fsp3) is 0.417. The van der Waals surface area contributed by atoms with Crippen LogP contribution in [0.2, 0.25) is 0 Å². The fourth-order valence-electron chi connectivity index (χ4n) is 1.85. The molecule has 0 saturated heterocycles. The van der Waals surface area contributed by atoms with Crippen LogP contribution < -0.4 is 9.64 Å². The van der Waals surface area contributed by atoms with Crippen LogP contribution in [0.4, 0.5) is 5.69 Å². The SMILES string of the molecule is CC1Oc2ccc(O)cc2N(CCCO)C1=O. The normalized spacial score (nSPS) is 18.8. The summed E-state index contributed by atoms with van der Waals surface area (Å²) in [6.45, 7) is 2.12.